The van der Waals surface area contributed by atoms with Crippen LogP contribution in [0.2, 0.25) is 0 Å². The van der Waals surface area contributed by atoms with Gasteiger partial charge in [-0.15, -0.1) is 0 Å². The molecule has 32 heavy (non-hydrogen) atoms. The highest BCUT2D eigenvalue weighted by Crippen LogP contribution is 2.57. The quantitative estimate of drug-likeness (QED) is 0.306. The third-order valence-electron chi connectivity index (χ3n) is 7.48. The van der Waals surface area contributed by atoms with Crippen LogP contribution >= 0.6 is 0 Å². The largest absolute Gasteiger partial charge is 0.512 e. The predicted octanol–water partition coefficient (Wildman–Crippen LogP) is -0.446. The number of rotatable bonds is 2. The van der Waals surface area contributed by atoms with Crippen LogP contribution in [0.1, 0.15) is 13.3 Å². The van der Waals surface area contributed by atoms with Crippen molar-refractivity contribution in [2.45, 2.75) is 30.6 Å². The average Bonchev–Trinajstić information content (AvgIpc) is 2.68. The predicted molar refractivity (Wildman–Crippen MR) is 110 cm³/mol. The molecule has 0 aromatic carbocycles. The summed E-state index contributed by atoms with van der Waals surface area (Å²) >= 11 is 0. The van der Waals surface area contributed by atoms with E-state index in [2.05, 4.69) is 0 Å². The molecule has 1 saturated carbocycles. The molecular formula is C22H26N2O8. The van der Waals surface area contributed by atoms with Gasteiger partial charge < -0.3 is 31.3 Å². The molecule has 0 aromatic heterocycles. The fourth-order valence-electron chi connectivity index (χ4n) is 5.93. The lowest BCUT2D eigenvalue weighted by Gasteiger charge is -2.55. The number of aliphatic hydroxyl groups excluding tert-OH is 3. The fraction of sp³-hybridized carbons (Fsp3) is 0.500. The van der Waals surface area contributed by atoms with E-state index in [0.717, 1.165) is 0 Å². The zero-order valence-electron chi connectivity index (χ0n) is 17.8. The second-order valence-electron chi connectivity index (χ2n) is 9.35. The molecule has 7 N–H and O–H groups in total. The lowest BCUT2D eigenvalue weighted by atomic mass is 9.52. The lowest BCUT2D eigenvalue weighted by Crippen LogP contribution is -2.66. The normalized spacial score (nSPS) is 41.3. The van der Waals surface area contributed by atoms with Gasteiger partial charge in [-0.25, -0.2) is 0 Å². The summed E-state index contributed by atoms with van der Waals surface area (Å²) in [6, 6.07) is -1.18. The van der Waals surface area contributed by atoms with E-state index >= 15 is 0 Å². The highest BCUT2D eigenvalue weighted by molar-refractivity contribution is 6.22. The summed E-state index contributed by atoms with van der Waals surface area (Å²) in [6.45, 7) is 1.46. The number of allylic oxidation sites excluding steroid dienone is 3. The van der Waals surface area contributed by atoms with Crippen molar-refractivity contribution in [1.29, 1.82) is 0 Å². The Morgan fingerprint density at radius 1 is 1.12 bits per heavy atom. The molecule has 0 aliphatic heterocycles. The van der Waals surface area contributed by atoms with Gasteiger partial charge in [0.05, 0.1) is 17.6 Å². The van der Waals surface area contributed by atoms with Crippen LogP contribution in [-0.4, -0.2) is 79.2 Å². The fourth-order valence-corrected chi connectivity index (χ4v) is 5.93. The van der Waals surface area contributed by atoms with Gasteiger partial charge >= 0.3 is 0 Å². The first kappa shape index (κ1) is 22.3. The number of amides is 1. The molecule has 0 radical (unpaired) electrons. The van der Waals surface area contributed by atoms with Crippen molar-refractivity contribution in [3.05, 3.63) is 46.7 Å². The second-order valence-corrected chi connectivity index (χ2v) is 9.35. The topological polar surface area (TPSA) is 182 Å². The number of hydrogen-bond donors (Lipinski definition) is 6. The Hall–Kier alpha value is -2.95. The Balaban J connectivity index is 2.02. The van der Waals surface area contributed by atoms with E-state index in [9.17, 15) is 39.9 Å². The molecule has 10 nitrogen and oxygen atoms in total. The number of nitrogens with two attached hydrogens (primary N) is 1. The minimum absolute atomic E-state index is 0.166. The van der Waals surface area contributed by atoms with Gasteiger partial charge in [0.1, 0.15) is 22.9 Å². The van der Waals surface area contributed by atoms with Crippen molar-refractivity contribution < 1.29 is 39.9 Å². The molecule has 4 aliphatic rings. The number of likely N-dealkylation sites (N-methyl/N-ethyl adjacent to an activating group) is 1. The van der Waals surface area contributed by atoms with Crippen molar-refractivity contribution in [2.75, 3.05) is 14.1 Å². The standard InChI is InChI=1S/C22H26N2O8/c1-21(31)8-5-4-6-11(25)12(8)16(26)13-9(21)7-10-15(24(2)3)17(27)14(20(23)30)19(29)22(10,32)18(13)28/h4-6,8-10,12,15,25,28-29,31-32H,7H2,1-3H3,(H2,23,30)/t8?,9-,10-,12?,15-,21+,22?/m0/s1. The Morgan fingerprint density at radius 3 is 2.31 bits per heavy atom. The van der Waals surface area contributed by atoms with Crippen LogP contribution in [0.15, 0.2) is 46.7 Å². The maximum absolute atomic E-state index is 13.4. The average molecular weight is 446 g/mol. The highest BCUT2D eigenvalue weighted by atomic mass is 16.4. The number of nitrogens with zero attached hydrogens (tertiary/aromatic N) is 1. The number of primary amides is 1. The smallest absolute Gasteiger partial charge is 0.255 e. The number of ketones is 2. The molecule has 4 rings (SSSR count). The number of carbonyl (C=O) groups excluding carboxylic acids is 3. The summed E-state index contributed by atoms with van der Waals surface area (Å²) in [5, 5.41) is 55.3. The van der Waals surface area contributed by atoms with Crippen LogP contribution in [0.3, 0.4) is 0 Å². The Labute approximate surface area is 183 Å². The second kappa shape index (κ2) is 6.77. The summed E-state index contributed by atoms with van der Waals surface area (Å²) in [6.07, 6.45) is 4.25. The van der Waals surface area contributed by atoms with Crippen LogP contribution in [0, 0.1) is 23.7 Å². The van der Waals surface area contributed by atoms with Crippen molar-refractivity contribution in [2.24, 2.45) is 29.4 Å². The number of fused-ring (bicyclic) bond motifs is 3. The van der Waals surface area contributed by atoms with Crippen molar-refractivity contribution >= 4 is 17.5 Å². The summed E-state index contributed by atoms with van der Waals surface area (Å²) in [7, 11) is 3.04. The maximum Gasteiger partial charge on any atom is 0.255 e. The summed E-state index contributed by atoms with van der Waals surface area (Å²) in [4.78, 5) is 39.8. The van der Waals surface area contributed by atoms with Gasteiger partial charge in [-0.2, -0.15) is 0 Å². The van der Waals surface area contributed by atoms with E-state index < -0.39 is 75.5 Å². The molecule has 7 atom stereocenters. The SMILES string of the molecule is CN(C)[C@@H]1C(=O)C(C(N)=O)=C(O)C2(O)C(O)=C3C(=O)C4C(O)=CC=CC4[C@@](C)(O)[C@H]3C[C@@H]12. The van der Waals surface area contributed by atoms with Gasteiger partial charge in [-0.3, -0.25) is 19.3 Å². The van der Waals surface area contributed by atoms with E-state index in [4.69, 9.17) is 5.73 Å². The third-order valence-corrected chi connectivity index (χ3v) is 7.48. The summed E-state index contributed by atoms with van der Waals surface area (Å²) in [5.41, 5.74) is -0.226. The summed E-state index contributed by atoms with van der Waals surface area (Å²) < 4.78 is 0. The van der Waals surface area contributed by atoms with Crippen molar-refractivity contribution in [3.8, 4) is 0 Å². The number of Topliss-reactive ketones (excluding diaryl/α,β-unsaturated/α-hetero) is 2. The molecule has 0 spiro atoms. The minimum Gasteiger partial charge on any atom is -0.512 e. The first-order valence-electron chi connectivity index (χ1n) is 10.2. The van der Waals surface area contributed by atoms with Crippen LogP contribution in [0.25, 0.3) is 0 Å². The van der Waals surface area contributed by atoms with Crippen LogP contribution in [0.4, 0.5) is 0 Å². The van der Waals surface area contributed by atoms with E-state index in [1.165, 1.54) is 38.1 Å². The molecule has 0 heterocycles. The molecule has 3 unspecified atom stereocenters. The van der Waals surface area contributed by atoms with Gasteiger partial charge in [-0.05, 0) is 33.5 Å². The lowest BCUT2D eigenvalue weighted by molar-refractivity contribution is -0.151. The molecule has 1 amide bonds. The zero-order valence-corrected chi connectivity index (χ0v) is 17.8. The minimum atomic E-state index is -2.65. The number of hydrogen-bond acceptors (Lipinski definition) is 9. The molecule has 0 aromatic rings. The van der Waals surface area contributed by atoms with Crippen LogP contribution in [-0.2, 0) is 14.4 Å². The van der Waals surface area contributed by atoms with Crippen LogP contribution in [0.5, 0.6) is 0 Å². The molecular weight excluding hydrogens is 420 g/mol. The van der Waals surface area contributed by atoms with Crippen molar-refractivity contribution in [1.82, 2.24) is 4.90 Å². The van der Waals surface area contributed by atoms with Gasteiger partial charge in [-0.1, -0.05) is 12.2 Å². The number of carbonyl (C=O) groups is 3. The molecule has 4 aliphatic carbocycles. The summed E-state index contributed by atoms with van der Waals surface area (Å²) in [5.74, 6) is -9.45. The highest BCUT2D eigenvalue weighted by Gasteiger charge is 2.66. The van der Waals surface area contributed by atoms with Gasteiger partial charge in [0.2, 0.25) is 0 Å². The van der Waals surface area contributed by atoms with E-state index in [0.29, 0.717) is 0 Å². The number of aliphatic hydroxyl groups is 5. The van der Waals surface area contributed by atoms with E-state index in [-0.39, 0.29) is 17.8 Å². The molecule has 0 saturated heterocycles. The Kier molecular flexibility index (Phi) is 4.71. The molecule has 10 heteroatoms. The molecule has 0 bridgehead atoms. The van der Waals surface area contributed by atoms with Crippen molar-refractivity contribution in [3.63, 3.8) is 0 Å². The van der Waals surface area contributed by atoms with E-state index in [1.807, 2.05) is 0 Å². The van der Waals surface area contributed by atoms with Gasteiger partial charge in [0.15, 0.2) is 17.2 Å². The zero-order chi connectivity index (χ0) is 23.9. The first-order chi connectivity index (χ1) is 14.8. The molecule has 172 valence electrons. The maximum atomic E-state index is 13.4. The van der Waals surface area contributed by atoms with Gasteiger partial charge in [0, 0.05) is 23.3 Å². The van der Waals surface area contributed by atoms with Crippen LogP contribution < -0.4 is 5.73 Å². The van der Waals surface area contributed by atoms with E-state index in [1.54, 1.807) is 6.08 Å². The Bertz CT molecular complexity index is 1070. The molecule has 1 fully saturated rings. The third kappa shape index (κ3) is 2.54. The van der Waals surface area contributed by atoms with Gasteiger partial charge in [0.25, 0.3) is 5.91 Å². The monoisotopic (exact) mass is 446 g/mol. The first-order valence-corrected chi connectivity index (χ1v) is 10.2. The Morgan fingerprint density at radius 2 is 1.75 bits per heavy atom.